The quantitative estimate of drug-likeness (QED) is 0.710. The van der Waals surface area contributed by atoms with Gasteiger partial charge in [-0.15, -0.1) is 0 Å². The normalized spacial score (nSPS) is 10.8. The van der Waals surface area contributed by atoms with Gasteiger partial charge in [-0.3, -0.25) is 0 Å². The lowest BCUT2D eigenvalue weighted by molar-refractivity contribution is 0.592. The Bertz CT molecular complexity index is 329. The van der Waals surface area contributed by atoms with Crippen LogP contribution >= 0.6 is 23.2 Å². The molecule has 0 aliphatic carbocycles. The van der Waals surface area contributed by atoms with Crippen LogP contribution in [-0.2, 0) is 6.54 Å². The molecular formula is C13H20Cl2N2. The van der Waals surface area contributed by atoms with Gasteiger partial charge in [-0.1, -0.05) is 42.3 Å². The second-order valence-electron chi connectivity index (χ2n) is 3.99. The highest BCUT2D eigenvalue weighted by atomic mass is 35.5. The van der Waals surface area contributed by atoms with Crippen LogP contribution in [0.2, 0.25) is 10.0 Å². The van der Waals surface area contributed by atoms with Crippen LogP contribution in [0.25, 0.3) is 0 Å². The van der Waals surface area contributed by atoms with Crippen LogP contribution in [0.3, 0.4) is 0 Å². The molecule has 96 valence electrons. The molecule has 0 heterocycles. The van der Waals surface area contributed by atoms with E-state index in [1.165, 1.54) is 6.42 Å². The summed E-state index contributed by atoms with van der Waals surface area (Å²) in [6.07, 6.45) is 2.31. The summed E-state index contributed by atoms with van der Waals surface area (Å²) in [4.78, 5) is 0. The van der Waals surface area contributed by atoms with Crippen molar-refractivity contribution in [1.82, 2.24) is 10.6 Å². The molecule has 0 saturated carbocycles. The zero-order chi connectivity index (χ0) is 12.5. The number of hydrogen-bond acceptors (Lipinski definition) is 2. The molecule has 0 unspecified atom stereocenters. The molecule has 0 aromatic heterocycles. The fraction of sp³-hybridized carbons (Fsp3) is 0.538. The van der Waals surface area contributed by atoms with E-state index in [9.17, 15) is 0 Å². The number of benzene rings is 1. The Morgan fingerprint density at radius 2 is 1.82 bits per heavy atom. The molecule has 4 heteroatoms. The second-order valence-corrected chi connectivity index (χ2v) is 4.78. The van der Waals surface area contributed by atoms with Crippen LogP contribution in [0.1, 0.15) is 25.3 Å². The third-order valence-electron chi connectivity index (χ3n) is 2.48. The third-order valence-corrected chi connectivity index (χ3v) is 3.34. The Balaban J connectivity index is 2.16. The SMILES string of the molecule is CCCNCCCNCc1cccc(Cl)c1Cl. The molecule has 1 aromatic carbocycles. The molecule has 0 saturated heterocycles. The van der Waals surface area contributed by atoms with Gasteiger partial charge in [0.1, 0.15) is 0 Å². The van der Waals surface area contributed by atoms with Crippen molar-refractivity contribution in [3.05, 3.63) is 33.8 Å². The summed E-state index contributed by atoms with van der Waals surface area (Å²) in [6.45, 7) is 6.09. The summed E-state index contributed by atoms with van der Waals surface area (Å²) in [5.41, 5.74) is 1.06. The highest BCUT2D eigenvalue weighted by molar-refractivity contribution is 6.42. The summed E-state index contributed by atoms with van der Waals surface area (Å²) in [6, 6.07) is 5.73. The van der Waals surface area contributed by atoms with Gasteiger partial charge in [0.15, 0.2) is 0 Å². The summed E-state index contributed by atoms with van der Waals surface area (Å²) in [5, 5.41) is 8.01. The van der Waals surface area contributed by atoms with Gasteiger partial charge in [-0.05, 0) is 44.1 Å². The lowest BCUT2D eigenvalue weighted by atomic mass is 10.2. The average molecular weight is 275 g/mol. The predicted octanol–water partition coefficient (Wildman–Crippen LogP) is 3.47. The van der Waals surface area contributed by atoms with Crippen molar-refractivity contribution in [2.24, 2.45) is 0 Å². The van der Waals surface area contributed by atoms with Gasteiger partial charge in [0, 0.05) is 6.54 Å². The van der Waals surface area contributed by atoms with E-state index in [0.29, 0.717) is 10.0 Å². The van der Waals surface area contributed by atoms with E-state index in [1.54, 1.807) is 0 Å². The van der Waals surface area contributed by atoms with Gasteiger partial charge >= 0.3 is 0 Å². The molecule has 1 rings (SSSR count). The Morgan fingerprint density at radius 3 is 2.59 bits per heavy atom. The molecule has 0 aliphatic heterocycles. The maximum absolute atomic E-state index is 6.09. The lowest BCUT2D eigenvalue weighted by Crippen LogP contribution is -2.22. The summed E-state index contributed by atoms with van der Waals surface area (Å²) < 4.78 is 0. The number of halogens is 2. The first-order valence-electron chi connectivity index (χ1n) is 6.10. The first-order chi connectivity index (χ1) is 8.25. The molecule has 0 fully saturated rings. The smallest absolute Gasteiger partial charge is 0.0637 e. The Labute approximate surface area is 114 Å². The highest BCUT2D eigenvalue weighted by Gasteiger charge is 2.02. The maximum Gasteiger partial charge on any atom is 0.0637 e. The van der Waals surface area contributed by atoms with Crippen LogP contribution < -0.4 is 10.6 Å². The standard InChI is InChI=1S/C13H20Cl2N2/c1-2-7-16-8-4-9-17-10-11-5-3-6-12(14)13(11)15/h3,5-6,16-17H,2,4,7-10H2,1H3. The summed E-state index contributed by atoms with van der Waals surface area (Å²) >= 11 is 12.0. The Kier molecular flexibility index (Phi) is 7.62. The second kappa shape index (κ2) is 8.76. The van der Waals surface area contributed by atoms with Crippen molar-refractivity contribution in [2.45, 2.75) is 26.3 Å². The van der Waals surface area contributed by atoms with Crippen LogP contribution in [0.5, 0.6) is 0 Å². The largest absolute Gasteiger partial charge is 0.317 e. The molecule has 0 amide bonds. The molecule has 1 aromatic rings. The minimum atomic E-state index is 0.621. The van der Waals surface area contributed by atoms with Crippen molar-refractivity contribution in [3.8, 4) is 0 Å². The van der Waals surface area contributed by atoms with Crippen LogP contribution in [0, 0.1) is 0 Å². The first kappa shape index (κ1) is 14.8. The minimum Gasteiger partial charge on any atom is -0.317 e. The zero-order valence-corrected chi connectivity index (χ0v) is 11.7. The fourth-order valence-corrected chi connectivity index (χ4v) is 1.94. The fourth-order valence-electron chi connectivity index (χ4n) is 1.55. The van der Waals surface area contributed by atoms with Gasteiger partial charge in [-0.25, -0.2) is 0 Å². The van der Waals surface area contributed by atoms with Crippen molar-refractivity contribution in [1.29, 1.82) is 0 Å². The van der Waals surface area contributed by atoms with Gasteiger partial charge in [0.2, 0.25) is 0 Å². The molecular weight excluding hydrogens is 255 g/mol. The van der Waals surface area contributed by atoms with Crippen LogP contribution in [-0.4, -0.2) is 19.6 Å². The van der Waals surface area contributed by atoms with Crippen molar-refractivity contribution >= 4 is 23.2 Å². The minimum absolute atomic E-state index is 0.621. The van der Waals surface area contributed by atoms with E-state index in [4.69, 9.17) is 23.2 Å². The molecule has 0 aliphatic rings. The summed E-state index contributed by atoms with van der Waals surface area (Å²) in [7, 11) is 0. The van der Waals surface area contributed by atoms with Gasteiger partial charge in [0.05, 0.1) is 10.0 Å². The third kappa shape index (κ3) is 5.73. The molecule has 0 bridgehead atoms. The van der Waals surface area contributed by atoms with E-state index in [2.05, 4.69) is 17.6 Å². The van der Waals surface area contributed by atoms with Crippen molar-refractivity contribution < 1.29 is 0 Å². The topological polar surface area (TPSA) is 24.1 Å². The molecule has 17 heavy (non-hydrogen) atoms. The molecule has 2 N–H and O–H groups in total. The summed E-state index contributed by atoms with van der Waals surface area (Å²) in [5.74, 6) is 0. The highest BCUT2D eigenvalue weighted by Crippen LogP contribution is 2.25. The number of hydrogen-bond donors (Lipinski definition) is 2. The Hall–Kier alpha value is -0.280. The monoisotopic (exact) mass is 274 g/mol. The van der Waals surface area contributed by atoms with Crippen molar-refractivity contribution in [3.63, 3.8) is 0 Å². The van der Waals surface area contributed by atoms with E-state index in [1.807, 2.05) is 18.2 Å². The van der Waals surface area contributed by atoms with Crippen LogP contribution in [0.15, 0.2) is 18.2 Å². The molecule has 0 spiro atoms. The van der Waals surface area contributed by atoms with E-state index in [-0.39, 0.29) is 0 Å². The van der Waals surface area contributed by atoms with E-state index >= 15 is 0 Å². The molecule has 0 atom stereocenters. The van der Waals surface area contributed by atoms with Crippen LogP contribution in [0.4, 0.5) is 0 Å². The number of nitrogens with one attached hydrogen (secondary N) is 2. The van der Waals surface area contributed by atoms with Crippen molar-refractivity contribution in [2.75, 3.05) is 19.6 Å². The molecule has 0 radical (unpaired) electrons. The van der Waals surface area contributed by atoms with Gasteiger partial charge in [-0.2, -0.15) is 0 Å². The first-order valence-corrected chi connectivity index (χ1v) is 6.85. The van der Waals surface area contributed by atoms with E-state index < -0.39 is 0 Å². The zero-order valence-electron chi connectivity index (χ0n) is 10.2. The lowest BCUT2D eigenvalue weighted by Gasteiger charge is -2.08. The number of rotatable bonds is 8. The predicted molar refractivity (Wildman–Crippen MR) is 75.9 cm³/mol. The van der Waals surface area contributed by atoms with E-state index in [0.717, 1.165) is 38.2 Å². The Morgan fingerprint density at radius 1 is 1.06 bits per heavy atom. The van der Waals surface area contributed by atoms with Gasteiger partial charge in [0.25, 0.3) is 0 Å². The maximum atomic E-state index is 6.09. The molecule has 2 nitrogen and oxygen atoms in total. The average Bonchev–Trinajstić information content (AvgIpc) is 2.33. The van der Waals surface area contributed by atoms with Gasteiger partial charge < -0.3 is 10.6 Å².